The van der Waals surface area contributed by atoms with Gasteiger partial charge in [-0.2, -0.15) is 5.10 Å². The molecule has 3 N–H and O–H groups in total. The Labute approximate surface area is 178 Å². The summed E-state index contributed by atoms with van der Waals surface area (Å²) in [5.74, 6) is -0.201. The Bertz CT molecular complexity index is 1050. The van der Waals surface area contributed by atoms with Crippen LogP contribution >= 0.6 is 15.9 Å². The van der Waals surface area contributed by atoms with E-state index in [-0.39, 0.29) is 17.8 Å². The number of aromatic nitrogens is 1. The van der Waals surface area contributed by atoms with Gasteiger partial charge in [0.2, 0.25) is 5.96 Å². The Morgan fingerprint density at radius 3 is 2.72 bits per heavy atom. The molecule has 1 aromatic heterocycles. The van der Waals surface area contributed by atoms with Gasteiger partial charge in [0.25, 0.3) is 0 Å². The van der Waals surface area contributed by atoms with E-state index in [1.54, 1.807) is 17.1 Å². The highest BCUT2D eigenvalue weighted by Crippen LogP contribution is 2.32. The van der Waals surface area contributed by atoms with Gasteiger partial charge in [0.1, 0.15) is 17.2 Å². The lowest BCUT2D eigenvalue weighted by Gasteiger charge is -2.18. The number of nitrogens with one attached hydrogen (secondary N) is 1. The van der Waals surface area contributed by atoms with E-state index in [4.69, 9.17) is 5.73 Å². The van der Waals surface area contributed by atoms with E-state index in [2.05, 4.69) is 54.4 Å². The fraction of sp³-hybridized carbons (Fsp3) is 0.350. The van der Waals surface area contributed by atoms with Crippen molar-refractivity contribution in [2.75, 3.05) is 27.7 Å². The Morgan fingerprint density at radius 1 is 1.38 bits per heavy atom. The monoisotopic (exact) mass is 461 g/mol. The molecule has 7 nitrogen and oxygen atoms in total. The van der Waals surface area contributed by atoms with Gasteiger partial charge in [0, 0.05) is 43.8 Å². The maximum atomic E-state index is 14.4. The molecule has 1 atom stereocenters. The summed E-state index contributed by atoms with van der Waals surface area (Å²) in [5, 5.41) is 10.2. The molecule has 2 heterocycles. The van der Waals surface area contributed by atoms with Gasteiger partial charge in [-0.1, -0.05) is 13.5 Å². The van der Waals surface area contributed by atoms with Crippen LogP contribution in [0.2, 0.25) is 0 Å². The lowest BCUT2D eigenvalue weighted by molar-refractivity contribution is 0.439. The number of hydrazone groups is 1. The first-order chi connectivity index (χ1) is 13.8. The van der Waals surface area contributed by atoms with Crippen LogP contribution in [0.15, 0.2) is 50.2 Å². The van der Waals surface area contributed by atoms with Crippen molar-refractivity contribution in [1.82, 2.24) is 14.9 Å². The van der Waals surface area contributed by atoms with Crippen LogP contribution < -0.4 is 11.1 Å². The maximum Gasteiger partial charge on any atom is 0.221 e. The molecule has 0 saturated heterocycles. The van der Waals surface area contributed by atoms with Crippen molar-refractivity contribution < 1.29 is 4.39 Å². The van der Waals surface area contributed by atoms with Crippen molar-refractivity contribution in [2.45, 2.75) is 19.4 Å². The van der Waals surface area contributed by atoms with Gasteiger partial charge >= 0.3 is 0 Å². The van der Waals surface area contributed by atoms with Gasteiger partial charge < -0.3 is 20.6 Å². The van der Waals surface area contributed by atoms with Crippen molar-refractivity contribution in [1.29, 1.82) is 0 Å². The van der Waals surface area contributed by atoms with Gasteiger partial charge in [0.05, 0.1) is 15.7 Å². The molecule has 0 fully saturated rings. The van der Waals surface area contributed by atoms with Crippen LogP contribution in [0.4, 0.5) is 4.39 Å². The van der Waals surface area contributed by atoms with Crippen molar-refractivity contribution in [3.63, 3.8) is 0 Å². The number of hydrogen-bond donors (Lipinski definition) is 2. The predicted octanol–water partition coefficient (Wildman–Crippen LogP) is 3.26. The number of fused-ring (bicyclic) bond motifs is 1. The molecule has 9 heteroatoms. The molecule has 3 rings (SSSR count). The molecular weight excluding hydrogens is 437 g/mol. The van der Waals surface area contributed by atoms with E-state index in [0.29, 0.717) is 21.6 Å². The molecule has 1 aromatic carbocycles. The number of nitrogens with two attached hydrogens (primary N) is 1. The zero-order valence-electron chi connectivity index (χ0n) is 17.0. The summed E-state index contributed by atoms with van der Waals surface area (Å²) in [5.41, 5.74) is 9.05. The third-order valence-electron chi connectivity index (χ3n) is 4.71. The SMILES string of the molecule is C=C1N=C(N)N=C(c2cn(C(CC)CNC)c3cc(F)c(Br)cc23)/C1=N/N(C)C. The predicted molar refractivity (Wildman–Crippen MR) is 121 cm³/mol. The topological polar surface area (TPSA) is 83.3 Å². The molecule has 0 radical (unpaired) electrons. The van der Waals surface area contributed by atoms with Crippen LogP contribution in [0, 0.1) is 5.82 Å². The molecule has 1 aliphatic rings. The summed E-state index contributed by atoms with van der Waals surface area (Å²) in [6.07, 6.45) is 2.86. The van der Waals surface area contributed by atoms with Crippen molar-refractivity contribution in [3.05, 3.63) is 46.5 Å². The molecule has 154 valence electrons. The highest BCUT2D eigenvalue weighted by atomic mass is 79.9. The van der Waals surface area contributed by atoms with Crippen molar-refractivity contribution in [2.24, 2.45) is 20.8 Å². The highest BCUT2D eigenvalue weighted by molar-refractivity contribution is 9.10. The number of benzene rings is 1. The van der Waals surface area contributed by atoms with E-state index < -0.39 is 0 Å². The molecular formula is C20H25BrFN7. The Morgan fingerprint density at radius 2 is 2.10 bits per heavy atom. The molecule has 0 spiro atoms. The minimum Gasteiger partial charge on any atom is -0.368 e. The minimum absolute atomic E-state index is 0.118. The van der Waals surface area contributed by atoms with Crippen LogP contribution in [0.1, 0.15) is 24.9 Å². The minimum atomic E-state index is -0.319. The van der Waals surface area contributed by atoms with E-state index in [0.717, 1.165) is 29.4 Å². The van der Waals surface area contributed by atoms with Gasteiger partial charge in [0.15, 0.2) is 0 Å². The molecule has 0 saturated carbocycles. The lowest BCUT2D eigenvalue weighted by Crippen LogP contribution is -2.28. The second-order valence-electron chi connectivity index (χ2n) is 7.03. The average molecular weight is 462 g/mol. The van der Waals surface area contributed by atoms with Crippen LogP contribution in [0.5, 0.6) is 0 Å². The van der Waals surface area contributed by atoms with Crippen LogP contribution in [0.25, 0.3) is 10.9 Å². The molecule has 0 bridgehead atoms. The number of likely N-dealkylation sites (N-methyl/N-ethyl adjacent to an activating group) is 1. The number of nitrogens with zero attached hydrogens (tertiary/aromatic N) is 5. The number of aliphatic imine (C=N–C) groups is 2. The smallest absolute Gasteiger partial charge is 0.221 e. The number of hydrogen-bond acceptors (Lipinski definition) is 6. The maximum absolute atomic E-state index is 14.4. The molecule has 0 aliphatic carbocycles. The molecule has 1 aliphatic heterocycles. The van der Waals surface area contributed by atoms with Gasteiger partial charge in [-0.15, -0.1) is 0 Å². The summed E-state index contributed by atoms with van der Waals surface area (Å²) in [6.45, 7) is 6.83. The summed E-state index contributed by atoms with van der Waals surface area (Å²) >= 11 is 3.31. The van der Waals surface area contributed by atoms with Crippen LogP contribution in [0.3, 0.4) is 0 Å². The summed E-state index contributed by atoms with van der Waals surface area (Å²) < 4.78 is 16.9. The largest absolute Gasteiger partial charge is 0.368 e. The van der Waals surface area contributed by atoms with Crippen LogP contribution in [-0.4, -0.2) is 54.6 Å². The zero-order chi connectivity index (χ0) is 21.3. The standard InChI is InChI=1S/C20H25BrFN7/c1-6-12(9-24-3)29-10-14(13-7-15(21)16(22)8-17(13)29)19-18(27-28(4)5)11(2)25-20(23)26-19/h7-8,10,12,24H,2,6,9H2,1,3-5H3,(H2,23,25)/b27-18+. The number of rotatable bonds is 6. The van der Waals surface area contributed by atoms with Gasteiger partial charge in [-0.3, -0.25) is 0 Å². The molecule has 2 aromatic rings. The summed E-state index contributed by atoms with van der Waals surface area (Å²) in [6, 6.07) is 3.45. The van der Waals surface area contributed by atoms with Crippen LogP contribution in [-0.2, 0) is 0 Å². The van der Waals surface area contributed by atoms with E-state index in [1.807, 2.05) is 27.3 Å². The second-order valence-corrected chi connectivity index (χ2v) is 7.88. The Balaban J connectivity index is 2.32. The third kappa shape index (κ3) is 4.11. The number of halogens is 2. The fourth-order valence-corrected chi connectivity index (χ4v) is 3.77. The average Bonchev–Trinajstić information content (AvgIpc) is 3.00. The third-order valence-corrected chi connectivity index (χ3v) is 5.32. The first-order valence-corrected chi connectivity index (χ1v) is 10.1. The normalized spacial score (nSPS) is 16.9. The van der Waals surface area contributed by atoms with Crippen molar-refractivity contribution >= 4 is 44.2 Å². The van der Waals surface area contributed by atoms with Gasteiger partial charge in [-0.05, 0) is 41.5 Å². The summed E-state index contributed by atoms with van der Waals surface area (Å²) in [4.78, 5) is 8.63. The molecule has 1 unspecified atom stereocenters. The molecule has 29 heavy (non-hydrogen) atoms. The van der Waals surface area contributed by atoms with E-state index >= 15 is 0 Å². The lowest BCUT2D eigenvalue weighted by atomic mass is 10.0. The molecule has 0 amide bonds. The first kappa shape index (κ1) is 21.2. The summed E-state index contributed by atoms with van der Waals surface area (Å²) in [7, 11) is 5.53. The van der Waals surface area contributed by atoms with Gasteiger partial charge in [-0.25, -0.2) is 14.4 Å². The number of allylic oxidation sites excluding steroid dienone is 1. The number of guanidine groups is 1. The Kier molecular flexibility index (Phi) is 6.18. The van der Waals surface area contributed by atoms with E-state index in [1.165, 1.54) is 0 Å². The quantitative estimate of drug-likeness (QED) is 0.647. The zero-order valence-corrected chi connectivity index (χ0v) is 18.6. The Hall–Kier alpha value is -2.52. The van der Waals surface area contributed by atoms with Crippen molar-refractivity contribution in [3.8, 4) is 0 Å². The highest BCUT2D eigenvalue weighted by Gasteiger charge is 2.26. The fourth-order valence-electron chi connectivity index (χ4n) is 3.42. The first-order valence-electron chi connectivity index (χ1n) is 9.29. The second kappa shape index (κ2) is 8.46. The van der Waals surface area contributed by atoms with E-state index in [9.17, 15) is 4.39 Å².